The quantitative estimate of drug-likeness (QED) is 0.912. The monoisotopic (exact) mass is 309 g/mol. The summed E-state index contributed by atoms with van der Waals surface area (Å²) in [4.78, 5) is 0. The van der Waals surface area contributed by atoms with Gasteiger partial charge in [0.25, 0.3) is 0 Å². The molecule has 0 atom stereocenters. The first-order chi connectivity index (χ1) is 7.13. The predicted octanol–water partition coefficient (Wildman–Crippen LogP) is 3.13. The predicted molar refractivity (Wildman–Crippen MR) is 66.4 cm³/mol. The van der Waals surface area contributed by atoms with Crippen molar-refractivity contribution >= 4 is 31.6 Å². The normalized spacial score (nSPS) is 12.6. The van der Waals surface area contributed by atoms with Gasteiger partial charge in [-0.25, -0.2) is 12.8 Å². The molecule has 0 amide bonds. The average molecular weight is 310 g/mol. The Hall–Kier alpha value is -0.620. The summed E-state index contributed by atoms with van der Waals surface area (Å²) in [7, 11) is -3.49. The molecule has 1 aromatic rings. The Kier molecular flexibility index (Phi) is 3.64. The molecular weight excluding hydrogens is 297 g/mol. The molecule has 0 fully saturated rings. The van der Waals surface area contributed by atoms with Gasteiger partial charge in [0.2, 0.25) is 10.0 Å². The molecule has 1 rings (SSSR count). The summed E-state index contributed by atoms with van der Waals surface area (Å²) in [6, 6.07) is 3.79. The maximum Gasteiger partial charge on any atom is 0.237 e. The highest BCUT2D eigenvalue weighted by molar-refractivity contribution is 9.10. The van der Waals surface area contributed by atoms with Gasteiger partial charge >= 0.3 is 0 Å². The van der Waals surface area contributed by atoms with E-state index >= 15 is 0 Å². The number of halogens is 2. The molecule has 90 valence electrons. The van der Waals surface area contributed by atoms with Gasteiger partial charge in [0.15, 0.2) is 0 Å². The highest BCUT2D eigenvalue weighted by Crippen LogP contribution is 2.26. The van der Waals surface area contributed by atoms with Crippen LogP contribution < -0.4 is 4.72 Å². The minimum absolute atomic E-state index is 0.330. The summed E-state index contributed by atoms with van der Waals surface area (Å²) in [6.07, 6.45) is 0. The van der Waals surface area contributed by atoms with Gasteiger partial charge in [0.1, 0.15) is 5.82 Å². The van der Waals surface area contributed by atoms with Gasteiger partial charge in [0.05, 0.1) is 10.4 Å². The average Bonchev–Trinajstić information content (AvgIpc) is 2.08. The fraction of sp³-hybridized carbons (Fsp3) is 0.400. The van der Waals surface area contributed by atoms with E-state index in [-0.39, 0.29) is 0 Å². The molecule has 0 saturated carbocycles. The number of hydrogen-bond acceptors (Lipinski definition) is 2. The minimum Gasteiger partial charge on any atom is -0.282 e. The highest BCUT2D eigenvalue weighted by Gasteiger charge is 2.29. The SMILES string of the molecule is CC(C)(C)S(=O)(=O)Nc1ccc(F)cc1Br. The largest absolute Gasteiger partial charge is 0.282 e. The molecule has 0 aromatic heterocycles. The molecule has 6 heteroatoms. The highest BCUT2D eigenvalue weighted by atomic mass is 79.9. The molecule has 0 aliphatic rings. The molecule has 0 bridgehead atoms. The summed E-state index contributed by atoms with van der Waals surface area (Å²) in [5.74, 6) is -0.425. The van der Waals surface area contributed by atoms with Crippen LogP contribution in [0.2, 0.25) is 0 Å². The van der Waals surface area contributed by atoms with Crippen molar-refractivity contribution in [2.45, 2.75) is 25.5 Å². The lowest BCUT2D eigenvalue weighted by atomic mass is 10.3. The fourth-order valence-corrected chi connectivity index (χ4v) is 2.23. The van der Waals surface area contributed by atoms with Gasteiger partial charge in [-0.15, -0.1) is 0 Å². The van der Waals surface area contributed by atoms with Gasteiger partial charge in [-0.2, -0.15) is 0 Å². The molecule has 1 aromatic carbocycles. The van der Waals surface area contributed by atoms with Crippen LogP contribution in [0.25, 0.3) is 0 Å². The Labute approximate surface area is 103 Å². The maximum atomic E-state index is 12.8. The third-order valence-corrected chi connectivity index (χ3v) is 4.74. The van der Waals surface area contributed by atoms with Crippen LogP contribution in [-0.4, -0.2) is 13.2 Å². The molecule has 0 unspecified atom stereocenters. The summed E-state index contributed by atoms with van der Waals surface area (Å²) in [5, 5.41) is 0. The zero-order valence-electron chi connectivity index (χ0n) is 9.21. The summed E-state index contributed by atoms with van der Waals surface area (Å²) in [6.45, 7) is 4.77. The van der Waals surface area contributed by atoms with Crippen LogP contribution in [0, 0.1) is 5.82 Å². The second kappa shape index (κ2) is 4.33. The lowest BCUT2D eigenvalue weighted by molar-refractivity contribution is 0.566. The number of hydrogen-bond donors (Lipinski definition) is 1. The molecule has 0 aliphatic carbocycles. The molecule has 3 nitrogen and oxygen atoms in total. The van der Waals surface area contributed by atoms with Crippen molar-refractivity contribution in [3.63, 3.8) is 0 Å². The number of sulfonamides is 1. The summed E-state index contributed by atoms with van der Waals surface area (Å²) >= 11 is 3.10. The van der Waals surface area contributed by atoms with E-state index in [1.165, 1.54) is 18.2 Å². The van der Waals surface area contributed by atoms with E-state index in [0.717, 1.165) is 0 Å². The molecule has 1 N–H and O–H groups in total. The van der Waals surface area contributed by atoms with Gasteiger partial charge in [-0.3, -0.25) is 4.72 Å². The van der Waals surface area contributed by atoms with Crippen LogP contribution in [-0.2, 0) is 10.0 Å². The van der Waals surface area contributed by atoms with E-state index in [2.05, 4.69) is 20.7 Å². The number of anilines is 1. The van der Waals surface area contributed by atoms with Crippen LogP contribution in [0.5, 0.6) is 0 Å². The van der Waals surface area contributed by atoms with Crippen LogP contribution in [0.1, 0.15) is 20.8 Å². The van der Waals surface area contributed by atoms with Gasteiger partial charge < -0.3 is 0 Å². The Morgan fingerprint density at radius 3 is 2.31 bits per heavy atom. The van der Waals surface area contributed by atoms with Crippen LogP contribution in [0.3, 0.4) is 0 Å². The summed E-state index contributed by atoms with van der Waals surface area (Å²) in [5.41, 5.74) is 0.330. The third kappa shape index (κ3) is 2.95. The second-order valence-electron chi connectivity index (χ2n) is 4.34. The van der Waals surface area contributed by atoms with E-state index in [4.69, 9.17) is 0 Å². The van der Waals surface area contributed by atoms with Crippen molar-refractivity contribution in [2.24, 2.45) is 0 Å². The van der Waals surface area contributed by atoms with E-state index in [0.29, 0.717) is 10.2 Å². The number of nitrogens with one attached hydrogen (secondary N) is 1. The van der Waals surface area contributed by atoms with Crippen molar-refractivity contribution in [1.29, 1.82) is 0 Å². The standard InChI is InChI=1S/C10H13BrFNO2S/c1-10(2,3)16(14,15)13-9-5-4-7(12)6-8(9)11/h4-6,13H,1-3H3. The van der Waals surface area contributed by atoms with Crippen LogP contribution in [0.15, 0.2) is 22.7 Å². The van der Waals surface area contributed by atoms with Crippen LogP contribution in [0.4, 0.5) is 10.1 Å². The second-order valence-corrected chi connectivity index (χ2v) is 7.63. The molecule has 0 saturated heterocycles. The fourth-order valence-electron chi connectivity index (χ4n) is 0.870. The Bertz CT molecular complexity index is 494. The summed E-state index contributed by atoms with van der Waals surface area (Å²) < 4.78 is 38.3. The third-order valence-electron chi connectivity index (χ3n) is 1.98. The molecular formula is C10H13BrFNO2S. The van der Waals surface area contributed by atoms with E-state index in [9.17, 15) is 12.8 Å². The van der Waals surface area contributed by atoms with Gasteiger partial charge in [0, 0.05) is 4.47 Å². The van der Waals surface area contributed by atoms with Crippen molar-refractivity contribution < 1.29 is 12.8 Å². The van der Waals surface area contributed by atoms with Crippen molar-refractivity contribution in [3.8, 4) is 0 Å². The maximum absolute atomic E-state index is 12.8. The first-order valence-electron chi connectivity index (χ1n) is 4.61. The molecule has 0 aliphatic heterocycles. The molecule has 0 spiro atoms. The van der Waals surface area contributed by atoms with E-state index in [1.807, 2.05) is 0 Å². The zero-order valence-corrected chi connectivity index (χ0v) is 11.6. The number of benzene rings is 1. The minimum atomic E-state index is -3.49. The van der Waals surface area contributed by atoms with E-state index < -0.39 is 20.6 Å². The first kappa shape index (κ1) is 13.4. The Morgan fingerprint density at radius 1 is 1.31 bits per heavy atom. The number of rotatable bonds is 2. The lowest BCUT2D eigenvalue weighted by Crippen LogP contribution is -2.33. The smallest absolute Gasteiger partial charge is 0.237 e. The van der Waals surface area contributed by atoms with E-state index in [1.54, 1.807) is 20.8 Å². The topological polar surface area (TPSA) is 46.2 Å². The Morgan fingerprint density at radius 2 is 1.88 bits per heavy atom. The zero-order chi connectivity index (χ0) is 12.6. The van der Waals surface area contributed by atoms with Gasteiger partial charge in [-0.05, 0) is 54.9 Å². The van der Waals surface area contributed by atoms with Crippen LogP contribution >= 0.6 is 15.9 Å². The van der Waals surface area contributed by atoms with Gasteiger partial charge in [-0.1, -0.05) is 0 Å². The molecule has 0 radical (unpaired) electrons. The molecule has 0 heterocycles. The van der Waals surface area contributed by atoms with Crippen molar-refractivity contribution in [1.82, 2.24) is 0 Å². The Balaban J connectivity index is 3.07. The molecule has 16 heavy (non-hydrogen) atoms. The van der Waals surface area contributed by atoms with Crippen molar-refractivity contribution in [2.75, 3.05) is 4.72 Å². The lowest BCUT2D eigenvalue weighted by Gasteiger charge is -2.20. The van der Waals surface area contributed by atoms with Crippen molar-refractivity contribution in [3.05, 3.63) is 28.5 Å². The first-order valence-corrected chi connectivity index (χ1v) is 6.88.